The average molecular weight is 369 g/mol. The molecule has 6 heteroatoms. The van der Waals surface area contributed by atoms with E-state index in [1.165, 1.54) is 10.1 Å². The zero-order valence-corrected chi connectivity index (χ0v) is 14.5. The molecule has 0 saturated heterocycles. The molecule has 0 atom stereocenters. The molecule has 0 fully saturated rings. The molecule has 2 N–H and O–H groups in total. The molecule has 0 unspecified atom stereocenters. The van der Waals surface area contributed by atoms with Gasteiger partial charge in [0.2, 0.25) is 0 Å². The number of hydrogen-bond acceptors (Lipinski definition) is 3. The third kappa shape index (κ3) is 4.58. The molecular weight excluding hydrogens is 351 g/mol. The molecule has 0 aliphatic heterocycles. The summed E-state index contributed by atoms with van der Waals surface area (Å²) in [5, 5.41) is 6.01. The van der Waals surface area contributed by atoms with Crippen LogP contribution in [0.25, 0.3) is 0 Å². The van der Waals surface area contributed by atoms with Gasteiger partial charge in [-0.15, -0.1) is 0 Å². The Morgan fingerprint density at radius 2 is 1.57 bits per heavy atom. The van der Waals surface area contributed by atoms with E-state index < -0.39 is 10.0 Å². The fraction of sp³-hybridized carbons (Fsp3) is 0.200. The van der Waals surface area contributed by atoms with Crippen LogP contribution in [0.5, 0.6) is 0 Å². The van der Waals surface area contributed by atoms with E-state index in [0.717, 1.165) is 10.9 Å². The van der Waals surface area contributed by atoms with Gasteiger partial charge in [-0.3, -0.25) is 0 Å². The number of rotatable bonds is 5. The maximum absolute atomic E-state index is 11.2. The van der Waals surface area contributed by atoms with E-state index in [2.05, 4.69) is 29.2 Å². The Hall–Kier alpha value is -1.33. The normalized spacial score (nSPS) is 11.4. The molecule has 112 valence electrons. The topological polar surface area (TPSA) is 63.4 Å². The van der Waals surface area contributed by atoms with Gasteiger partial charge in [-0.25, -0.2) is 0 Å². The number of anilines is 1. The second-order valence-electron chi connectivity index (χ2n) is 4.87. The molecule has 21 heavy (non-hydrogen) atoms. The third-order valence-electron chi connectivity index (χ3n) is 3.01. The number of benzene rings is 2. The molecule has 0 amide bonds. The standard InChI is InChI=1S/C15H18N2O2SSe/c1-17(2)13-5-9-15(10-6-13)21-11-12-3-7-14(8-4-12)20(16,18)19/h3-10H,11H2,1-2H3,(H2,16,18,19). The zero-order chi connectivity index (χ0) is 15.5. The van der Waals surface area contributed by atoms with Crippen LogP contribution in [0, 0.1) is 0 Å². The Morgan fingerprint density at radius 1 is 1.00 bits per heavy atom. The molecule has 2 aromatic carbocycles. The van der Waals surface area contributed by atoms with Crippen LogP contribution in [-0.4, -0.2) is 37.5 Å². The molecule has 0 heterocycles. The van der Waals surface area contributed by atoms with Gasteiger partial charge >= 0.3 is 132 Å². The van der Waals surface area contributed by atoms with Gasteiger partial charge in [-0.2, -0.15) is 0 Å². The number of nitrogens with two attached hydrogens (primary N) is 1. The number of sulfonamides is 1. The number of hydrogen-bond donors (Lipinski definition) is 1. The first-order chi connectivity index (χ1) is 9.86. The van der Waals surface area contributed by atoms with Crippen molar-refractivity contribution in [2.75, 3.05) is 19.0 Å². The van der Waals surface area contributed by atoms with Gasteiger partial charge in [0.1, 0.15) is 0 Å². The molecule has 0 saturated carbocycles. The Labute approximate surface area is 132 Å². The van der Waals surface area contributed by atoms with Crippen molar-refractivity contribution in [2.45, 2.75) is 10.2 Å². The Kier molecular flexibility index (Phi) is 5.06. The van der Waals surface area contributed by atoms with Gasteiger partial charge in [0, 0.05) is 0 Å². The molecule has 2 rings (SSSR count). The Balaban J connectivity index is 2.00. The molecule has 0 bridgehead atoms. The van der Waals surface area contributed by atoms with Crippen LogP contribution in [0.3, 0.4) is 0 Å². The molecule has 0 spiro atoms. The molecule has 4 nitrogen and oxygen atoms in total. The van der Waals surface area contributed by atoms with Gasteiger partial charge in [-0.1, -0.05) is 0 Å². The summed E-state index contributed by atoms with van der Waals surface area (Å²) < 4.78 is 23.7. The Bertz CT molecular complexity index is 695. The van der Waals surface area contributed by atoms with E-state index >= 15 is 0 Å². The summed E-state index contributed by atoms with van der Waals surface area (Å²) >= 11 is 0.327. The first-order valence-electron chi connectivity index (χ1n) is 6.38. The quantitative estimate of drug-likeness (QED) is 0.798. The summed E-state index contributed by atoms with van der Waals surface area (Å²) in [6.45, 7) is 0. The molecule has 2 aromatic rings. The molecule has 0 aromatic heterocycles. The van der Waals surface area contributed by atoms with Crippen molar-refractivity contribution < 1.29 is 8.42 Å². The van der Waals surface area contributed by atoms with Crippen LogP contribution in [0.2, 0.25) is 0 Å². The minimum atomic E-state index is -3.60. The number of primary sulfonamides is 1. The molecule has 0 radical (unpaired) electrons. The van der Waals surface area contributed by atoms with Crippen LogP contribution in [0.4, 0.5) is 5.69 Å². The van der Waals surface area contributed by atoms with E-state index in [0.29, 0.717) is 15.0 Å². The van der Waals surface area contributed by atoms with E-state index in [1.807, 2.05) is 26.2 Å². The SMILES string of the molecule is CN(C)c1ccc([Se]Cc2ccc(S(N)(=O)=O)cc2)cc1. The molecule has 0 aliphatic carbocycles. The minimum absolute atomic E-state index is 0.161. The summed E-state index contributed by atoms with van der Waals surface area (Å²) in [4.78, 5) is 2.23. The van der Waals surface area contributed by atoms with Crippen molar-refractivity contribution in [1.82, 2.24) is 0 Å². The summed E-state index contributed by atoms with van der Waals surface area (Å²) in [5.41, 5.74) is 2.31. The fourth-order valence-corrected chi connectivity index (χ4v) is 4.09. The first kappa shape index (κ1) is 16.0. The van der Waals surface area contributed by atoms with Gasteiger partial charge in [0.25, 0.3) is 0 Å². The summed E-state index contributed by atoms with van der Waals surface area (Å²) in [6.07, 6.45) is 0. The fourth-order valence-electron chi connectivity index (χ4n) is 1.78. The van der Waals surface area contributed by atoms with Crippen molar-refractivity contribution in [2.24, 2.45) is 5.14 Å². The second-order valence-corrected chi connectivity index (χ2v) is 8.63. The van der Waals surface area contributed by atoms with Gasteiger partial charge in [-0.05, 0) is 0 Å². The first-order valence-corrected chi connectivity index (χ1v) is 9.99. The summed E-state index contributed by atoms with van der Waals surface area (Å²) in [5.74, 6) is 0. The van der Waals surface area contributed by atoms with Crippen LogP contribution < -0.4 is 14.5 Å². The van der Waals surface area contributed by atoms with E-state index in [1.54, 1.807) is 12.1 Å². The zero-order valence-electron chi connectivity index (χ0n) is 12.0. The van der Waals surface area contributed by atoms with Gasteiger partial charge in [0.05, 0.1) is 0 Å². The number of nitrogens with zero attached hydrogens (tertiary/aromatic N) is 1. The van der Waals surface area contributed by atoms with Crippen LogP contribution in [-0.2, 0) is 15.3 Å². The van der Waals surface area contributed by atoms with Crippen LogP contribution in [0.15, 0.2) is 53.4 Å². The summed E-state index contributed by atoms with van der Waals surface area (Å²) in [6, 6.07) is 15.3. The molecule has 0 aliphatic rings. The predicted octanol–water partition coefficient (Wildman–Crippen LogP) is 0.930. The van der Waals surface area contributed by atoms with Crippen molar-refractivity contribution in [3.63, 3.8) is 0 Å². The predicted molar refractivity (Wildman–Crippen MR) is 87.7 cm³/mol. The van der Waals surface area contributed by atoms with E-state index in [4.69, 9.17) is 5.14 Å². The van der Waals surface area contributed by atoms with Crippen molar-refractivity contribution in [1.29, 1.82) is 0 Å². The second kappa shape index (κ2) is 6.62. The van der Waals surface area contributed by atoms with Crippen molar-refractivity contribution >= 4 is 35.1 Å². The monoisotopic (exact) mass is 370 g/mol. The van der Waals surface area contributed by atoms with E-state index in [-0.39, 0.29) is 4.90 Å². The maximum atomic E-state index is 11.2. The van der Waals surface area contributed by atoms with Gasteiger partial charge < -0.3 is 0 Å². The third-order valence-corrected chi connectivity index (χ3v) is 6.21. The van der Waals surface area contributed by atoms with Crippen molar-refractivity contribution in [3.05, 3.63) is 54.1 Å². The van der Waals surface area contributed by atoms with Crippen LogP contribution >= 0.6 is 0 Å². The summed E-state index contributed by atoms with van der Waals surface area (Å²) in [7, 11) is 0.443. The van der Waals surface area contributed by atoms with E-state index in [9.17, 15) is 8.42 Å². The molecular formula is C15H18N2O2SSe. The van der Waals surface area contributed by atoms with Crippen LogP contribution in [0.1, 0.15) is 5.56 Å². The Morgan fingerprint density at radius 3 is 2.05 bits per heavy atom. The average Bonchev–Trinajstić information content (AvgIpc) is 2.45. The van der Waals surface area contributed by atoms with Gasteiger partial charge in [0.15, 0.2) is 0 Å². The van der Waals surface area contributed by atoms with Crippen molar-refractivity contribution in [3.8, 4) is 0 Å².